The largest absolute Gasteiger partial charge is 0.341 e. The molecular weight excluding hydrogens is 342 g/mol. The number of nitrogens with zero attached hydrogens (tertiary/aromatic N) is 4. The predicted octanol–water partition coefficient (Wildman–Crippen LogP) is 3.05. The minimum atomic E-state index is 0.823. The van der Waals surface area contributed by atoms with Crippen molar-refractivity contribution >= 4 is 15.9 Å². The van der Waals surface area contributed by atoms with Crippen molar-refractivity contribution in [1.82, 2.24) is 24.4 Å². The van der Waals surface area contributed by atoms with Crippen LogP contribution in [0.5, 0.6) is 0 Å². The Labute approximate surface area is 137 Å². The Morgan fingerprint density at radius 2 is 2.00 bits per heavy atom. The molecular formula is C16H16BrN5. The van der Waals surface area contributed by atoms with Crippen LogP contribution in [0.3, 0.4) is 0 Å². The Balaban J connectivity index is 1.47. The fraction of sp³-hybridized carbons (Fsp3) is 0.250. The van der Waals surface area contributed by atoms with E-state index in [0.29, 0.717) is 0 Å². The molecule has 3 heterocycles. The van der Waals surface area contributed by atoms with Crippen LogP contribution < -0.4 is 0 Å². The van der Waals surface area contributed by atoms with Gasteiger partial charge in [0.15, 0.2) is 0 Å². The van der Waals surface area contributed by atoms with Crippen LogP contribution in [-0.4, -0.2) is 31.0 Å². The topological polar surface area (TPSA) is 49.7 Å². The van der Waals surface area contributed by atoms with E-state index in [9.17, 15) is 0 Å². The molecule has 4 rings (SSSR count). The highest BCUT2D eigenvalue weighted by Gasteiger charge is 2.17. The highest BCUT2D eigenvalue weighted by Crippen LogP contribution is 2.21. The molecule has 112 valence electrons. The van der Waals surface area contributed by atoms with E-state index >= 15 is 0 Å². The van der Waals surface area contributed by atoms with E-state index in [0.717, 1.165) is 53.6 Å². The monoisotopic (exact) mass is 357 g/mol. The molecule has 0 atom stereocenters. The Kier molecular flexibility index (Phi) is 3.56. The van der Waals surface area contributed by atoms with E-state index in [2.05, 4.69) is 52.5 Å². The van der Waals surface area contributed by atoms with Crippen LogP contribution in [0.25, 0.3) is 11.3 Å². The third kappa shape index (κ3) is 2.71. The first-order valence-electron chi connectivity index (χ1n) is 7.30. The molecule has 0 radical (unpaired) electrons. The number of aromatic nitrogens is 4. The van der Waals surface area contributed by atoms with Crippen molar-refractivity contribution in [1.29, 1.82) is 0 Å². The lowest BCUT2D eigenvalue weighted by molar-refractivity contribution is 0.204. The maximum absolute atomic E-state index is 4.52. The lowest BCUT2D eigenvalue weighted by atomic mass is 10.2. The number of imidazole rings is 2. The van der Waals surface area contributed by atoms with Crippen LogP contribution in [-0.2, 0) is 19.6 Å². The summed E-state index contributed by atoms with van der Waals surface area (Å²) in [6, 6.07) is 8.25. The molecule has 0 amide bonds. The van der Waals surface area contributed by atoms with E-state index in [1.807, 2.05) is 30.7 Å². The van der Waals surface area contributed by atoms with Crippen molar-refractivity contribution in [2.75, 3.05) is 6.54 Å². The van der Waals surface area contributed by atoms with Gasteiger partial charge in [0.2, 0.25) is 0 Å². The molecule has 0 saturated carbocycles. The van der Waals surface area contributed by atoms with Crippen molar-refractivity contribution in [3.05, 3.63) is 59.0 Å². The van der Waals surface area contributed by atoms with Gasteiger partial charge in [0.05, 0.1) is 25.0 Å². The van der Waals surface area contributed by atoms with Crippen molar-refractivity contribution in [2.45, 2.75) is 19.6 Å². The van der Waals surface area contributed by atoms with Crippen LogP contribution in [0.1, 0.15) is 11.6 Å². The Hall–Kier alpha value is -1.92. The quantitative estimate of drug-likeness (QED) is 0.783. The van der Waals surface area contributed by atoms with Gasteiger partial charge < -0.3 is 9.55 Å². The molecule has 6 heteroatoms. The highest BCUT2D eigenvalue weighted by molar-refractivity contribution is 9.10. The molecule has 1 aliphatic rings. The summed E-state index contributed by atoms with van der Waals surface area (Å²) in [6.45, 7) is 3.72. The molecule has 0 fully saturated rings. The maximum Gasteiger partial charge on any atom is 0.122 e. The second kappa shape index (κ2) is 5.70. The van der Waals surface area contributed by atoms with Crippen LogP contribution in [0.2, 0.25) is 0 Å². The Bertz CT molecular complexity index is 774. The summed E-state index contributed by atoms with van der Waals surface area (Å²) in [6.07, 6.45) is 5.83. The van der Waals surface area contributed by atoms with Gasteiger partial charge in [-0.1, -0.05) is 28.1 Å². The molecule has 0 spiro atoms. The standard InChI is InChI=1S/C16H16BrN5/c17-13-3-1-12(2-4-13)14-9-19-15(20-14)10-21-7-8-22-6-5-18-16(22)11-21/h1-6,9H,7-8,10-11H2,(H,19,20). The zero-order valence-electron chi connectivity index (χ0n) is 12.0. The van der Waals surface area contributed by atoms with E-state index in [1.165, 1.54) is 0 Å². The zero-order chi connectivity index (χ0) is 14.9. The molecule has 1 aromatic carbocycles. The zero-order valence-corrected chi connectivity index (χ0v) is 13.6. The third-order valence-corrected chi connectivity index (χ3v) is 4.51. The number of hydrogen-bond acceptors (Lipinski definition) is 3. The van der Waals surface area contributed by atoms with Crippen LogP contribution in [0, 0.1) is 0 Å². The number of rotatable bonds is 3. The van der Waals surface area contributed by atoms with Crippen LogP contribution in [0.15, 0.2) is 47.3 Å². The third-order valence-electron chi connectivity index (χ3n) is 3.98. The smallest absolute Gasteiger partial charge is 0.122 e. The SMILES string of the molecule is Brc1ccc(-c2cnc(CN3CCn4ccnc4C3)[nH]2)cc1. The molecule has 22 heavy (non-hydrogen) atoms. The molecule has 0 saturated heterocycles. The van der Waals surface area contributed by atoms with E-state index in [-0.39, 0.29) is 0 Å². The van der Waals surface area contributed by atoms with Gasteiger partial charge in [-0.25, -0.2) is 9.97 Å². The first-order chi connectivity index (χ1) is 10.8. The molecule has 0 aliphatic carbocycles. The summed E-state index contributed by atoms with van der Waals surface area (Å²) in [5, 5.41) is 0. The molecule has 3 aromatic rings. The number of aromatic amines is 1. The summed E-state index contributed by atoms with van der Waals surface area (Å²) in [4.78, 5) is 14.7. The van der Waals surface area contributed by atoms with Gasteiger partial charge in [-0.05, 0) is 17.7 Å². The van der Waals surface area contributed by atoms with Gasteiger partial charge in [0.1, 0.15) is 11.6 Å². The summed E-state index contributed by atoms with van der Waals surface area (Å²) in [5.74, 6) is 2.13. The first kappa shape index (κ1) is 13.7. The van der Waals surface area contributed by atoms with Crippen molar-refractivity contribution in [3.63, 3.8) is 0 Å². The number of hydrogen-bond donors (Lipinski definition) is 1. The van der Waals surface area contributed by atoms with Gasteiger partial charge >= 0.3 is 0 Å². The van der Waals surface area contributed by atoms with Gasteiger partial charge in [-0.3, -0.25) is 4.90 Å². The maximum atomic E-state index is 4.52. The predicted molar refractivity (Wildman–Crippen MR) is 88.1 cm³/mol. The average molecular weight is 358 g/mol. The Morgan fingerprint density at radius 3 is 2.86 bits per heavy atom. The molecule has 0 bridgehead atoms. The van der Waals surface area contributed by atoms with Gasteiger partial charge in [-0.15, -0.1) is 0 Å². The molecule has 2 aromatic heterocycles. The number of halogens is 1. The van der Waals surface area contributed by atoms with Crippen molar-refractivity contribution in [2.24, 2.45) is 0 Å². The van der Waals surface area contributed by atoms with Crippen LogP contribution >= 0.6 is 15.9 Å². The minimum Gasteiger partial charge on any atom is -0.341 e. The van der Waals surface area contributed by atoms with Gasteiger partial charge in [-0.2, -0.15) is 0 Å². The molecule has 1 N–H and O–H groups in total. The number of benzene rings is 1. The van der Waals surface area contributed by atoms with E-state index in [1.54, 1.807) is 0 Å². The fourth-order valence-corrected chi connectivity index (χ4v) is 3.05. The number of fused-ring (bicyclic) bond motifs is 1. The molecule has 1 aliphatic heterocycles. The summed E-state index contributed by atoms with van der Waals surface area (Å²) < 4.78 is 3.30. The molecule has 5 nitrogen and oxygen atoms in total. The van der Waals surface area contributed by atoms with E-state index in [4.69, 9.17) is 0 Å². The average Bonchev–Trinajstić information content (AvgIpc) is 3.17. The fourth-order valence-electron chi connectivity index (χ4n) is 2.79. The second-order valence-electron chi connectivity index (χ2n) is 5.50. The molecule has 0 unspecified atom stereocenters. The first-order valence-corrected chi connectivity index (χ1v) is 8.09. The highest BCUT2D eigenvalue weighted by atomic mass is 79.9. The summed E-state index contributed by atoms with van der Waals surface area (Å²) >= 11 is 3.46. The van der Waals surface area contributed by atoms with Gasteiger partial charge in [0, 0.05) is 30.0 Å². The Morgan fingerprint density at radius 1 is 1.14 bits per heavy atom. The minimum absolute atomic E-state index is 0.823. The second-order valence-corrected chi connectivity index (χ2v) is 6.41. The van der Waals surface area contributed by atoms with E-state index < -0.39 is 0 Å². The summed E-state index contributed by atoms with van der Waals surface area (Å²) in [5.41, 5.74) is 2.21. The van der Waals surface area contributed by atoms with Crippen molar-refractivity contribution < 1.29 is 0 Å². The lowest BCUT2D eigenvalue weighted by Gasteiger charge is -2.26. The number of H-pyrrole nitrogens is 1. The summed E-state index contributed by atoms with van der Waals surface area (Å²) in [7, 11) is 0. The van der Waals surface area contributed by atoms with Crippen LogP contribution in [0.4, 0.5) is 0 Å². The lowest BCUT2D eigenvalue weighted by Crippen LogP contribution is -2.33. The van der Waals surface area contributed by atoms with Gasteiger partial charge in [0.25, 0.3) is 0 Å². The normalized spacial score (nSPS) is 15.0. The van der Waals surface area contributed by atoms with Crippen molar-refractivity contribution in [3.8, 4) is 11.3 Å². The number of nitrogens with one attached hydrogen (secondary N) is 1.